The third-order valence-electron chi connectivity index (χ3n) is 7.91. The van der Waals surface area contributed by atoms with Crippen LogP contribution >= 0.6 is 0 Å². The Balaban J connectivity index is 1.61. The lowest BCUT2D eigenvalue weighted by atomic mass is 9.55. The fourth-order valence-electron chi connectivity index (χ4n) is 6.16. The van der Waals surface area contributed by atoms with Gasteiger partial charge in [-0.2, -0.15) is 13.2 Å². The van der Waals surface area contributed by atoms with Gasteiger partial charge in [0.25, 0.3) is 5.91 Å². The number of alkyl halides is 3. The lowest BCUT2D eigenvalue weighted by Crippen LogP contribution is -2.68. The summed E-state index contributed by atoms with van der Waals surface area (Å²) in [5.74, 6) is 4.96. The van der Waals surface area contributed by atoms with Crippen molar-refractivity contribution in [1.29, 1.82) is 0 Å². The number of hydrogen-bond acceptors (Lipinski definition) is 5. The molecule has 1 N–H and O–H groups in total. The van der Waals surface area contributed by atoms with Crippen LogP contribution in [0, 0.1) is 11.8 Å². The second kappa shape index (κ2) is 11.8. The van der Waals surface area contributed by atoms with Gasteiger partial charge in [-0.25, -0.2) is 0 Å². The van der Waals surface area contributed by atoms with Crippen molar-refractivity contribution in [1.82, 2.24) is 10.2 Å². The smallest absolute Gasteiger partial charge is 0.416 e. The van der Waals surface area contributed by atoms with Crippen molar-refractivity contribution >= 4 is 11.9 Å². The molecule has 1 heterocycles. The molecule has 2 aromatic carbocycles. The van der Waals surface area contributed by atoms with Crippen molar-refractivity contribution in [3.63, 3.8) is 0 Å². The molecule has 2 aliphatic rings. The van der Waals surface area contributed by atoms with E-state index in [1.165, 1.54) is 19.1 Å². The molecule has 0 aromatic heterocycles. The number of rotatable bonds is 6. The first-order valence-electron chi connectivity index (χ1n) is 13.2. The van der Waals surface area contributed by atoms with Crippen LogP contribution in [0.25, 0.3) is 0 Å². The lowest BCUT2D eigenvalue weighted by Gasteiger charge is -2.59. The SMILES string of the molecule is C=CCN1CC[C@@]2(c3cccc(OC)c3)C[C@H](NC(=O)C#Cc3ccc(C(F)(F)F)cc3)CC[C@]2(OC(C)=O)C1. The van der Waals surface area contributed by atoms with Crippen LogP contribution in [0.2, 0.25) is 0 Å². The Kier molecular flexibility index (Phi) is 8.59. The van der Waals surface area contributed by atoms with Crippen molar-refractivity contribution < 1.29 is 32.2 Å². The molecule has 0 unspecified atom stereocenters. The van der Waals surface area contributed by atoms with Gasteiger partial charge in [0, 0.05) is 43.0 Å². The van der Waals surface area contributed by atoms with Crippen LogP contribution in [0.5, 0.6) is 5.75 Å². The van der Waals surface area contributed by atoms with Crippen LogP contribution in [-0.2, 0) is 25.9 Å². The highest BCUT2D eigenvalue weighted by atomic mass is 19.4. The third kappa shape index (κ3) is 6.18. The Labute approximate surface area is 232 Å². The van der Waals surface area contributed by atoms with E-state index < -0.39 is 28.7 Å². The Hall–Kier alpha value is -3.77. The summed E-state index contributed by atoms with van der Waals surface area (Å²) in [6, 6.07) is 11.9. The zero-order chi connectivity index (χ0) is 29.0. The van der Waals surface area contributed by atoms with Gasteiger partial charge < -0.3 is 14.8 Å². The maximum Gasteiger partial charge on any atom is 0.416 e. The topological polar surface area (TPSA) is 67.9 Å². The molecule has 212 valence electrons. The summed E-state index contributed by atoms with van der Waals surface area (Å²) in [7, 11) is 1.60. The number of carbonyl (C=O) groups is 2. The summed E-state index contributed by atoms with van der Waals surface area (Å²) in [5.41, 5.74) is -0.908. The van der Waals surface area contributed by atoms with Gasteiger partial charge in [-0.3, -0.25) is 14.5 Å². The summed E-state index contributed by atoms with van der Waals surface area (Å²) < 4.78 is 50.2. The molecule has 1 saturated heterocycles. The molecule has 9 heteroatoms. The number of fused-ring (bicyclic) bond motifs is 1. The molecule has 1 aliphatic carbocycles. The monoisotopic (exact) mass is 554 g/mol. The fraction of sp³-hybridized carbons (Fsp3) is 0.419. The predicted molar refractivity (Wildman–Crippen MR) is 145 cm³/mol. The minimum Gasteiger partial charge on any atom is -0.497 e. The van der Waals surface area contributed by atoms with Crippen LogP contribution in [0.3, 0.4) is 0 Å². The highest BCUT2D eigenvalue weighted by molar-refractivity contribution is 5.94. The van der Waals surface area contributed by atoms with Crippen molar-refractivity contribution in [2.24, 2.45) is 0 Å². The summed E-state index contributed by atoms with van der Waals surface area (Å²) in [6.07, 6.45) is -0.315. The Morgan fingerprint density at radius 1 is 1.20 bits per heavy atom. The van der Waals surface area contributed by atoms with Gasteiger partial charge in [0.2, 0.25) is 0 Å². The number of benzene rings is 2. The molecule has 0 spiro atoms. The minimum atomic E-state index is -4.44. The van der Waals surface area contributed by atoms with Crippen LogP contribution in [0.4, 0.5) is 13.2 Å². The number of likely N-dealkylation sites (tertiary alicyclic amines) is 1. The molecule has 0 radical (unpaired) electrons. The summed E-state index contributed by atoms with van der Waals surface area (Å²) in [4.78, 5) is 27.5. The Morgan fingerprint density at radius 3 is 2.60 bits per heavy atom. The van der Waals surface area contributed by atoms with Crippen LogP contribution in [0.1, 0.15) is 49.3 Å². The van der Waals surface area contributed by atoms with Gasteiger partial charge in [-0.15, -0.1) is 6.58 Å². The Bertz CT molecular complexity index is 1310. The van der Waals surface area contributed by atoms with Crippen molar-refractivity contribution in [3.8, 4) is 17.6 Å². The predicted octanol–water partition coefficient (Wildman–Crippen LogP) is 4.87. The molecule has 2 aromatic rings. The maximum absolute atomic E-state index is 12.8. The van der Waals surface area contributed by atoms with Crippen LogP contribution < -0.4 is 10.1 Å². The van der Waals surface area contributed by atoms with Crippen molar-refractivity contribution in [2.75, 3.05) is 26.7 Å². The van der Waals surface area contributed by atoms with Gasteiger partial charge in [0.15, 0.2) is 0 Å². The third-order valence-corrected chi connectivity index (χ3v) is 7.91. The van der Waals surface area contributed by atoms with E-state index in [1.807, 2.05) is 30.3 Å². The van der Waals surface area contributed by atoms with E-state index in [2.05, 4.69) is 28.6 Å². The van der Waals surface area contributed by atoms with Gasteiger partial charge in [0.1, 0.15) is 11.4 Å². The molecule has 1 saturated carbocycles. The van der Waals surface area contributed by atoms with Gasteiger partial charge in [0.05, 0.1) is 12.7 Å². The van der Waals surface area contributed by atoms with Crippen molar-refractivity contribution in [3.05, 3.63) is 77.9 Å². The first-order chi connectivity index (χ1) is 19.0. The quantitative estimate of drug-likeness (QED) is 0.314. The first-order valence-corrected chi connectivity index (χ1v) is 13.2. The zero-order valence-corrected chi connectivity index (χ0v) is 22.6. The highest BCUT2D eigenvalue weighted by Gasteiger charge is 2.60. The molecule has 1 amide bonds. The average Bonchev–Trinajstić information content (AvgIpc) is 2.91. The van der Waals surface area contributed by atoms with E-state index in [0.29, 0.717) is 50.1 Å². The second-order valence-electron chi connectivity index (χ2n) is 10.4. The van der Waals surface area contributed by atoms with E-state index >= 15 is 0 Å². The summed E-state index contributed by atoms with van der Waals surface area (Å²) in [5, 5.41) is 2.99. The largest absolute Gasteiger partial charge is 0.497 e. The van der Waals surface area contributed by atoms with E-state index in [-0.39, 0.29) is 12.0 Å². The first kappa shape index (κ1) is 29.2. The number of nitrogens with zero attached hydrogens (tertiary/aromatic N) is 1. The molecule has 40 heavy (non-hydrogen) atoms. The molecule has 6 nitrogen and oxygen atoms in total. The Morgan fingerprint density at radius 2 is 1.95 bits per heavy atom. The molecule has 1 aliphatic heterocycles. The molecular formula is C31H33F3N2O4. The number of methoxy groups -OCH3 is 1. The summed E-state index contributed by atoms with van der Waals surface area (Å²) >= 11 is 0. The normalized spacial score (nSPS) is 24.6. The number of halogens is 3. The van der Waals surface area contributed by atoms with Gasteiger partial charge in [-0.05, 0) is 74.2 Å². The van der Waals surface area contributed by atoms with Crippen LogP contribution in [-0.4, -0.2) is 55.2 Å². The number of piperidine rings is 1. The number of ether oxygens (including phenoxy) is 2. The molecule has 2 fully saturated rings. The van der Waals surface area contributed by atoms with Crippen LogP contribution in [0.15, 0.2) is 61.2 Å². The van der Waals surface area contributed by atoms with E-state index in [1.54, 1.807) is 7.11 Å². The van der Waals surface area contributed by atoms with Gasteiger partial charge >= 0.3 is 12.1 Å². The fourth-order valence-corrected chi connectivity index (χ4v) is 6.16. The summed E-state index contributed by atoms with van der Waals surface area (Å²) in [6.45, 7) is 7.23. The minimum absolute atomic E-state index is 0.254. The lowest BCUT2D eigenvalue weighted by molar-refractivity contribution is -0.186. The number of esters is 1. The van der Waals surface area contributed by atoms with Gasteiger partial charge in [-0.1, -0.05) is 24.1 Å². The molecule has 4 rings (SSSR count). The number of amides is 1. The van der Waals surface area contributed by atoms with E-state index in [0.717, 1.165) is 24.2 Å². The molecular weight excluding hydrogens is 521 g/mol. The van der Waals surface area contributed by atoms with E-state index in [4.69, 9.17) is 9.47 Å². The molecule has 3 atom stereocenters. The number of hydrogen-bond donors (Lipinski definition) is 1. The second-order valence-corrected chi connectivity index (χ2v) is 10.4. The van der Waals surface area contributed by atoms with Crippen molar-refractivity contribution in [2.45, 2.75) is 55.8 Å². The van der Waals surface area contributed by atoms with E-state index in [9.17, 15) is 22.8 Å². The standard InChI is InChI=1S/C31H33F3N2O4/c1-4-17-36-18-16-29(25-6-5-7-27(19-25)39-3)20-26(14-15-30(29,21-36)40-22(2)37)35-28(38)13-10-23-8-11-24(12-9-23)31(32,33)34/h4-9,11-12,19,26H,1,14-18,20-21H2,2-3H3,(H,35,38)/t26-,29+,30+/m1/s1. The number of nitrogens with one attached hydrogen (secondary N) is 1. The maximum atomic E-state index is 12.8. The zero-order valence-electron chi connectivity index (χ0n) is 22.6. The highest BCUT2D eigenvalue weighted by Crippen LogP contribution is 2.54. The average molecular weight is 555 g/mol. The molecule has 0 bridgehead atoms. The number of carbonyl (C=O) groups excluding carboxylic acids is 2.